The number of benzene rings is 2. The van der Waals surface area contributed by atoms with Crippen molar-refractivity contribution in [2.24, 2.45) is 0 Å². The maximum atomic E-state index is 11.9. The van der Waals surface area contributed by atoms with Crippen LogP contribution in [0.25, 0.3) is 0 Å². The largest absolute Gasteiger partial charge is 0.496 e. The zero-order chi connectivity index (χ0) is 18.8. The molecule has 0 saturated heterocycles. The maximum Gasteiger partial charge on any atom is 0.347 e. The molecule has 6 nitrogen and oxygen atoms in total. The highest BCUT2D eigenvalue weighted by atomic mass is 16.6. The first-order chi connectivity index (χ1) is 12.6. The highest BCUT2D eigenvalue weighted by Gasteiger charge is 2.17. The van der Waals surface area contributed by atoms with Crippen LogP contribution in [0, 0.1) is 0 Å². The van der Waals surface area contributed by atoms with E-state index in [1.54, 1.807) is 26.2 Å². The standard InChI is InChI=1S/C20H23NO5/c1-15(26-17-9-4-3-5-10-17)20(23)25-14-19(22)21-13-12-16-8-6-7-11-18(16)24-2/h3-11,15H,12-14H2,1-2H3,(H,21,22)/t15-/m0/s1. The van der Waals surface area contributed by atoms with Crippen LogP contribution in [-0.2, 0) is 20.7 Å². The number of carbonyl (C=O) groups is 2. The molecule has 1 amide bonds. The monoisotopic (exact) mass is 357 g/mol. The first-order valence-electron chi connectivity index (χ1n) is 8.37. The Balaban J connectivity index is 1.68. The lowest BCUT2D eigenvalue weighted by Gasteiger charge is -2.14. The highest BCUT2D eigenvalue weighted by molar-refractivity contribution is 5.82. The molecule has 0 aliphatic rings. The summed E-state index contributed by atoms with van der Waals surface area (Å²) in [7, 11) is 1.61. The van der Waals surface area contributed by atoms with E-state index in [0.29, 0.717) is 18.7 Å². The van der Waals surface area contributed by atoms with Crippen molar-refractivity contribution in [1.82, 2.24) is 5.32 Å². The van der Waals surface area contributed by atoms with Crippen molar-refractivity contribution in [2.45, 2.75) is 19.4 Å². The minimum atomic E-state index is -0.793. The highest BCUT2D eigenvalue weighted by Crippen LogP contribution is 2.17. The van der Waals surface area contributed by atoms with Gasteiger partial charge < -0.3 is 19.5 Å². The van der Waals surface area contributed by atoms with Crippen molar-refractivity contribution in [1.29, 1.82) is 0 Å². The Morgan fingerprint density at radius 1 is 1.04 bits per heavy atom. The van der Waals surface area contributed by atoms with Crippen molar-refractivity contribution >= 4 is 11.9 Å². The molecule has 0 radical (unpaired) electrons. The molecule has 26 heavy (non-hydrogen) atoms. The SMILES string of the molecule is COc1ccccc1CCNC(=O)COC(=O)[C@H](C)Oc1ccccc1. The number of rotatable bonds is 9. The summed E-state index contributed by atoms with van der Waals surface area (Å²) in [6.45, 7) is 1.66. The Hall–Kier alpha value is -3.02. The molecule has 0 aliphatic heterocycles. The molecule has 138 valence electrons. The fraction of sp³-hybridized carbons (Fsp3) is 0.300. The van der Waals surface area contributed by atoms with Gasteiger partial charge in [0, 0.05) is 6.54 Å². The van der Waals surface area contributed by atoms with Gasteiger partial charge in [-0.3, -0.25) is 4.79 Å². The molecule has 1 N–H and O–H groups in total. The predicted molar refractivity (Wildman–Crippen MR) is 97.2 cm³/mol. The van der Waals surface area contributed by atoms with E-state index in [1.807, 2.05) is 42.5 Å². The zero-order valence-electron chi connectivity index (χ0n) is 14.9. The van der Waals surface area contributed by atoms with Crippen molar-refractivity contribution < 1.29 is 23.8 Å². The smallest absolute Gasteiger partial charge is 0.347 e. The van der Waals surface area contributed by atoms with Crippen molar-refractivity contribution in [3.63, 3.8) is 0 Å². The number of ether oxygens (including phenoxy) is 3. The lowest BCUT2D eigenvalue weighted by Crippen LogP contribution is -2.33. The van der Waals surface area contributed by atoms with Crippen LogP contribution in [-0.4, -0.2) is 38.2 Å². The van der Waals surface area contributed by atoms with Crippen LogP contribution in [0.4, 0.5) is 0 Å². The van der Waals surface area contributed by atoms with Crippen LogP contribution < -0.4 is 14.8 Å². The summed E-state index contributed by atoms with van der Waals surface area (Å²) in [5, 5.41) is 2.71. The number of para-hydroxylation sites is 2. The molecule has 0 saturated carbocycles. The molecule has 0 unspecified atom stereocenters. The van der Waals surface area contributed by atoms with Gasteiger partial charge in [0.2, 0.25) is 0 Å². The summed E-state index contributed by atoms with van der Waals surface area (Å²) < 4.78 is 15.7. The van der Waals surface area contributed by atoms with Gasteiger partial charge in [-0.1, -0.05) is 36.4 Å². The van der Waals surface area contributed by atoms with E-state index in [2.05, 4.69) is 5.32 Å². The lowest BCUT2D eigenvalue weighted by atomic mass is 10.1. The minimum absolute atomic E-state index is 0.340. The molecule has 6 heteroatoms. The second-order valence-electron chi connectivity index (χ2n) is 5.59. The molecular weight excluding hydrogens is 334 g/mol. The molecule has 0 fully saturated rings. The number of methoxy groups -OCH3 is 1. The zero-order valence-corrected chi connectivity index (χ0v) is 14.9. The van der Waals surface area contributed by atoms with E-state index in [4.69, 9.17) is 14.2 Å². The van der Waals surface area contributed by atoms with E-state index < -0.39 is 12.1 Å². The van der Waals surface area contributed by atoms with Crippen LogP contribution in [0.2, 0.25) is 0 Å². The van der Waals surface area contributed by atoms with Crippen LogP contribution in [0.15, 0.2) is 54.6 Å². The van der Waals surface area contributed by atoms with Crippen LogP contribution in [0.5, 0.6) is 11.5 Å². The summed E-state index contributed by atoms with van der Waals surface area (Å²) in [5.74, 6) is 0.396. The number of nitrogens with one attached hydrogen (secondary N) is 1. The van der Waals surface area contributed by atoms with Gasteiger partial charge in [-0.2, -0.15) is 0 Å². The Labute approximate surface area is 153 Å². The molecule has 0 aliphatic carbocycles. The average Bonchev–Trinajstić information content (AvgIpc) is 2.67. The first-order valence-corrected chi connectivity index (χ1v) is 8.37. The summed E-state index contributed by atoms with van der Waals surface area (Å²) in [6.07, 6.45) is -0.171. The number of amides is 1. The van der Waals surface area contributed by atoms with Gasteiger partial charge in [-0.05, 0) is 37.1 Å². The van der Waals surface area contributed by atoms with Crippen molar-refractivity contribution in [3.05, 3.63) is 60.2 Å². The quantitative estimate of drug-likeness (QED) is 0.698. The number of hydrogen-bond donors (Lipinski definition) is 1. The van der Waals surface area contributed by atoms with Gasteiger partial charge >= 0.3 is 5.97 Å². The van der Waals surface area contributed by atoms with E-state index >= 15 is 0 Å². The summed E-state index contributed by atoms with van der Waals surface area (Å²) in [6, 6.07) is 16.6. The van der Waals surface area contributed by atoms with Gasteiger partial charge in [0.1, 0.15) is 11.5 Å². The summed E-state index contributed by atoms with van der Waals surface area (Å²) >= 11 is 0. The molecule has 0 bridgehead atoms. The van der Waals surface area contributed by atoms with Crippen LogP contribution >= 0.6 is 0 Å². The fourth-order valence-corrected chi connectivity index (χ4v) is 2.30. The molecule has 1 atom stereocenters. The topological polar surface area (TPSA) is 73.9 Å². The average molecular weight is 357 g/mol. The van der Waals surface area contributed by atoms with Crippen LogP contribution in [0.1, 0.15) is 12.5 Å². The number of esters is 1. The van der Waals surface area contributed by atoms with E-state index in [-0.39, 0.29) is 12.5 Å². The molecule has 2 rings (SSSR count). The molecule has 0 aromatic heterocycles. The summed E-state index contributed by atoms with van der Waals surface area (Å²) in [5.41, 5.74) is 0.997. The van der Waals surface area contributed by atoms with Gasteiger partial charge in [0.15, 0.2) is 12.7 Å². The Kier molecular flexibility index (Phi) is 7.49. The lowest BCUT2D eigenvalue weighted by molar-refractivity contribution is -0.154. The van der Waals surface area contributed by atoms with E-state index in [0.717, 1.165) is 11.3 Å². The van der Waals surface area contributed by atoms with E-state index in [1.165, 1.54) is 0 Å². The number of carbonyl (C=O) groups excluding carboxylic acids is 2. The van der Waals surface area contributed by atoms with Crippen molar-refractivity contribution in [3.8, 4) is 11.5 Å². The predicted octanol–water partition coefficient (Wildman–Crippen LogP) is 2.36. The maximum absolute atomic E-state index is 11.9. The third kappa shape index (κ3) is 6.12. The van der Waals surface area contributed by atoms with Gasteiger partial charge in [0.25, 0.3) is 5.91 Å². The van der Waals surface area contributed by atoms with Crippen molar-refractivity contribution in [2.75, 3.05) is 20.3 Å². The molecule has 2 aromatic carbocycles. The second kappa shape index (κ2) is 10.1. The first kappa shape index (κ1) is 19.3. The molecule has 2 aromatic rings. The Morgan fingerprint density at radius 2 is 1.73 bits per heavy atom. The third-order valence-electron chi connectivity index (χ3n) is 3.64. The fourth-order valence-electron chi connectivity index (χ4n) is 2.30. The van der Waals surface area contributed by atoms with Gasteiger partial charge in [-0.25, -0.2) is 4.79 Å². The number of hydrogen-bond acceptors (Lipinski definition) is 5. The van der Waals surface area contributed by atoms with E-state index in [9.17, 15) is 9.59 Å². The van der Waals surface area contributed by atoms with Gasteiger partial charge in [0.05, 0.1) is 7.11 Å². The molecule has 0 heterocycles. The minimum Gasteiger partial charge on any atom is -0.496 e. The Morgan fingerprint density at radius 3 is 2.46 bits per heavy atom. The Bertz CT molecular complexity index is 717. The third-order valence-corrected chi connectivity index (χ3v) is 3.64. The van der Waals surface area contributed by atoms with Gasteiger partial charge in [-0.15, -0.1) is 0 Å². The second-order valence-corrected chi connectivity index (χ2v) is 5.59. The summed E-state index contributed by atoms with van der Waals surface area (Å²) in [4.78, 5) is 23.7. The molecular formula is C20H23NO5. The van der Waals surface area contributed by atoms with Crippen LogP contribution in [0.3, 0.4) is 0 Å². The molecule has 0 spiro atoms. The normalized spacial score (nSPS) is 11.3.